The van der Waals surface area contributed by atoms with E-state index in [1.54, 1.807) is 23.1 Å². The minimum atomic E-state index is -0.666. The molecule has 1 heterocycles. The van der Waals surface area contributed by atoms with Crippen LogP contribution in [-0.2, 0) is 9.59 Å². The maximum absolute atomic E-state index is 13.2. The van der Waals surface area contributed by atoms with Crippen molar-refractivity contribution >= 4 is 17.4 Å². The van der Waals surface area contributed by atoms with E-state index in [0.717, 1.165) is 23.2 Å². The molecule has 0 bridgehead atoms. The molecular weight excluding hydrogens is 416 g/mol. The summed E-state index contributed by atoms with van der Waals surface area (Å²) in [7, 11) is 3.93. The van der Waals surface area contributed by atoms with Crippen molar-refractivity contribution in [3.63, 3.8) is 0 Å². The van der Waals surface area contributed by atoms with Gasteiger partial charge in [-0.15, -0.1) is 0 Å². The number of carbonyl (C=O) groups is 2. The first-order valence-corrected chi connectivity index (χ1v) is 11.1. The molecule has 3 rings (SSSR count). The van der Waals surface area contributed by atoms with Crippen molar-refractivity contribution < 1.29 is 19.4 Å². The minimum absolute atomic E-state index is 0.123. The first-order valence-electron chi connectivity index (χ1n) is 11.1. The zero-order chi connectivity index (χ0) is 24.1. The molecule has 174 valence electrons. The van der Waals surface area contributed by atoms with E-state index in [2.05, 4.69) is 6.58 Å². The second-order valence-corrected chi connectivity index (χ2v) is 8.64. The molecule has 1 aliphatic heterocycles. The van der Waals surface area contributed by atoms with E-state index < -0.39 is 17.7 Å². The number of ketones is 1. The molecule has 1 saturated heterocycles. The first-order chi connectivity index (χ1) is 15.7. The van der Waals surface area contributed by atoms with Crippen molar-refractivity contribution in [2.24, 2.45) is 0 Å². The van der Waals surface area contributed by atoms with Gasteiger partial charge in [0.1, 0.15) is 18.1 Å². The van der Waals surface area contributed by atoms with Gasteiger partial charge in [0.25, 0.3) is 11.7 Å². The lowest BCUT2D eigenvalue weighted by atomic mass is 9.93. The van der Waals surface area contributed by atoms with Gasteiger partial charge in [-0.05, 0) is 70.2 Å². The van der Waals surface area contributed by atoms with Crippen molar-refractivity contribution in [3.8, 4) is 5.75 Å². The van der Waals surface area contributed by atoms with Gasteiger partial charge in [-0.1, -0.05) is 42.5 Å². The molecule has 0 aliphatic carbocycles. The number of likely N-dealkylation sites (tertiary alicyclic amines) is 1. The summed E-state index contributed by atoms with van der Waals surface area (Å²) in [5.74, 6) is -0.716. The molecule has 6 nitrogen and oxygen atoms in total. The Balaban J connectivity index is 2.09. The van der Waals surface area contributed by atoms with Gasteiger partial charge >= 0.3 is 0 Å². The van der Waals surface area contributed by atoms with Gasteiger partial charge in [0.2, 0.25) is 0 Å². The number of benzene rings is 2. The van der Waals surface area contributed by atoms with Crippen LogP contribution in [0.4, 0.5) is 0 Å². The summed E-state index contributed by atoms with van der Waals surface area (Å²) in [5.41, 5.74) is 3.24. The number of aliphatic hydroxyl groups excluding tert-OH is 1. The van der Waals surface area contributed by atoms with Crippen LogP contribution in [0.2, 0.25) is 0 Å². The molecule has 0 saturated carbocycles. The van der Waals surface area contributed by atoms with Crippen molar-refractivity contribution in [3.05, 3.63) is 82.9 Å². The third-order valence-corrected chi connectivity index (χ3v) is 5.76. The van der Waals surface area contributed by atoms with Crippen molar-refractivity contribution in [1.29, 1.82) is 0 Å². The average Bonchev–Trinajstić information content (AvgIpc) is 3.04. The minimum Gasteiger partial charge on any atom is -0.507 e. The van der Waals surface area contributed by atoms with Crippen LogP contribution in [-0.4, -0.2) is 60.4 Å². The van der Waals surface area contributed by atoms with E-state index in [1.807, 2.05) is 63.2 Å². The Hall–Kier alpha value is -3.38. The van der Waals surface area contributed by atoms with Crippen LogP contribution in [0.25, 0.3) is 5.76 Å². The molecular formula is C27H32N2O4. The lowest BCUT2D eigenvalue weighted by Crippen LogP contribution is -2.32. The van der Waals surface area contributed by atoms with Gasteiger partial charge in [-0.3, -0.25) is 9.59 Å². The molecule has 1 fully saturated rings. The second kappa shape index (κ2) is 10.5. The fourth-order valence-corrected chi connectivity index (χ4v) is 4.05. The maximum Gasteiger partial charge on any atom is 0.295 e. The monoisotopic (exact) mass is 448 g/mol. The molecule has 33 heavy (non-hydrogen) atoms. The number of aryl methyl sites for hydroxylation is 2. The lowest BCUT2D eigenvalue weighted by Gasteiger charge is -2.26. The summed E-state index contributed by atoms with van der Waals surface area (Å²) >= 11 is 0. The Bertz CT molecular complexity index is 1070. The smallest absolute Gasteiger partial charge is 0.295 e. The van der Waals surface area contributed by atoms with Crippen LogP contribution in [0.3, 0.4) is 0 Å². The number of amides is 1. The van der Waals surface area contributed by atoms with E-state index in [4.69, 9.17) is 4.74 Å². The molecule has 1 N–H and O–H groups in total. The standard InChI is InChI=1S/C27H32N2O4/c1-6-16-33-21-12-10-20(11-13-21)24-23(25(30)22-17-18(2)8-9-19(22)3)26(31)27(32)29(24)15-7-14-28(4)5/h6,8-13,17,24,30H,1,7,14-16H2,2-5H3/b25-23+. The molecule has 6 heteroatoms. The van der Waals surface area contributed by atoms with Crippen LogP contribution in [0.15, 0.2) is 60.7 Å². The highest BCUT2D eigenvalue weighted by Gasteiger charge is 2.45. The van der Waals surface area contributed by atoms with Gasteiger partial charge < -0.3 is 19.6 Å². The number of nitrogens with zero attached hydrogens (tertiary/aromatic N) is 2. The summed E-state index contributed by atoms with van der Waals surface area (Å²) in [5, 5.41) is 11.3. The summed E-state index contributed by atoms with van der Waals surface area (Å²) in [6, 6.07) is 12.3. The highest BCUT2D eigenvalue weighted by Crippen LogP contribution is 2.40. The summed E-state index contributed by atoms with van der Waals surface area (Å²) in [6.45, 7) is 9.03. The average molecular weight is 449 g/mol. The van der Waals surface area contributed by atoms with Gasteiger partial charge in [-0.25, -0.2) is 0 Å². The summed E-state index contributed by atoms with van der Waals surface area (Å²) in [4.78, 5) is 29.8. The van der Waals surface area contributed by atoms with Crippen LogP contribution >= 0.6 is 0 Å². The predicted octanol–water partition coefficient (Wildman–Crippen LogP) is 4.24. The largest absolute Gasteiger partial charge is 0.507 e. The van der Waals surface area contributed by atoms with Crippen molar-refractivity contribution in [1.82, 2.24) is 9.80 Å². The van der Waals surface area contributed by atoms with Crippen molar-refractivity contribution in [2.75, 3.05) is 33.8 Å². The fraction of sp³-hybridized carbons (Fsp3) is 0.333. The summed E-state index contributed by atoms with van der Waals surface area (Å²) < 4.78 is 5.57. The molecule has 2 aromatic rings. The van der Waals surface area contributed by atoms with Gasteiger partial charge in [0.15, 0.2) is 0 Å². The molecule has 0 radical (unpaired) electrons. The third-order valence-electron chi connectivity index (χ3n) is 5.76. The SMILES string of the molecule is C=CCOc1ccc(C2/C(=C(\O)c3cc(C)ccc3C)C(=O)C(=O)N2CCCN(C)C)cc1. The van der Waals surface area contributed by atoms with E-state index >= 15 is 0 Å². The Kier molecular flexibility index (Phi) is 7.71. The van der Waals surface area contributed by atoms with E-state index in [9.17, 15) is 14.7 Å². The van der Waals surface area contributed by atoms with Gasteiger partial charge in [0.05, 0.1) is 11.6 Å². The Morgan fingerprint density at radius 3 is 2.48 bits per heavy atom. The Labute approximate surface area is 195 Å². The molecule has 2 aromatic carbocycles. The van der Waals surface area contributed by atoms with Crippen LogP contribution < -0.4 is 4.74 Å². The van der Waals surface area contributed by atoms with Gasteiger partial charge in [0, 0.05) is 12.1 Å². The fourth-order valence-electron chi connectivity index (χ4n) is 4.05. The molecule has 1 unspecified atom stereocenters. The molecule has 1 amide bonds. The maximum atomic E-state index is 13.2. The highest BCUT2D eigenvalue weighted by atomic mass is 16.5. The van der Waals surface area contributed by atoms with Crippen LogP contribution in [0.5, 0.6) is 5.75 Å². The topological polar surface area (TPSA) is 70.1 Å². The first kappa shape index (κ1) is 24.3. The molecule has 0 spiro atoms. The third kappa shape index (κ3) is 5.34. The molecule has 1 atom stereocenters. The van der Waals surface area contributed by atoms with Crippen LogP contribution in [0.1, 0.15) is 34.7 Å². The molecule has 1 aliphatic rings. The lowest BCUT2D eigenvalue weighted by molar-refractivity contribution is -0.139. The quantitative estimate of drug-likeness (QED) is 0.269. The number of carbonyl (C=O) groups excluding carboxylic acids is 2. The Morgan fingerprint density at radius 2 is 1.85 bits per heavy atom. The number of hydrogen-bond donors (Lipinski definition) is 1. The van der Waals surface area contributed by atoms with Gasteiger partial charge in [-0.2, -0.15) is 0 Å². The van der Waals surface area contributed by atoms with E-state index in [1.165, 1.54) is 0 Å². The number of rotatable bonds is 9. The highest BCUT2D eigenvalue weighted by molar-refractivity contribution is 6.46. The van der Waals surface area contributed by atoms with Crippen molar-refractivity contribution in [2.45, 2.75) is 26.3 Å². The second-order valence-electron chi connectivity index (χ2n) is 8.64. The summed E-state index contributed by atoms with van der Waals surface area (Å²) in [6.07, 6.45) is 2.37. The van der Waals surface area contributed by atoms with E-state index in [0.29, 0.717) is 30.9 Å². The molecule has 0 aromatic heterocycles. The number of aliphatic hydroxyl groups is 1. The predicted molar refractivity (Wildman–Crippen MR) is 130 cm³/mol. The normalized spacial score (nSPS) is 17.6. The zero-order valence-electron chi connectivity index (χ0n) is 19.8. The Morgan fingerprint density at radius 1 is 1.15 bits per heavy atom. The van der Waals surface area contributed by atoms with E-state index in [-0.39, 0.29) is 11.3 Å². The number of ether oxygens (including phenoxy) is 1. The zero-order valence-corrected chi connectivity index (χ0v) is 19.8. The number of hydrogen-bond acceptors (Lipinski definition) is 5. The number of Topliss-reactive ketones (excluding diaryl/α,β-unsaturated/α-hetero) is 1. The van der Waals surface area contributed by atoms with Crippen LogP contribution in [0, 0.1) is 13.8 Å².